The van der Waals surface area contributed by atoms with E-state index in [1.54, 1.807) is 12.3 Å². The fourth-order valence-electron chi connectivity index (χ4n) is 1.61. The van der Waals surface area contributed by atoms with Gasteiger partial charge in [0, 0.05) is 20.3 Å². The van der Waals surface area contributed by atoms with Crippen molar-refractivity contribution in [3.8, 4) is 0 Å². The number of hydrogen-bond donors (Lipinski definition) is 1. The fraction of sp³-hybridized carbons (Fsp3) is 0.231. The number of nitrogens with zero attached hydrogens (tertiary/aromatic N) is 2. The summed E-state index contributed by atoms with van der Waals surface area (Å²) < 4.78 is 0.983. The minimum Gasteiger partial charge on any atom is -0.361 e. The highest BCUT2D eigenvalue weighted by Gasteiger charge is 2.14. The summed E-state index contributed by atoms with van der Waals surface area (Å²) in [7, 11) is 3.79. The van der Waals surface area contributed by atoms with E-state index >= 15 is 0 Å². The molecule has 0 fully saturated rings. The number of amides is 1. The first kappa shape index (κ1) is 14.0. The molecule has 0 aliphatic rings. The SMILES string of the molecule is Cc1cc(C(=O)Nc2cccnc2N(C)C)sc1Br. The van der Waals surface area contributed by atoms with Crippen LogP contribution in [0.15, 0.2) is 28.2 Å². The first-order chi connectivity index (χ1) is 8.99. The van der Waals surface area contributed by atoms with Gasteiger partial charge in [-0.15, -0.1) is 11.3 Å². The van der Waals surface area contributed by atoms with Crippen LogP contribution in [-0.2, 0) is 0 Å². The molecule has 2 rings (SSSR count). The zero-order valence-electron chi connectivity index (χ0n) is 10.9. The lowest BCUT2D eigenvalue weighted by Crippen LogP contribution is -2.17. The van der Waals surface area contributed by atoms with Crippen LogP contribution in [0.3, 0.4) is 0 Å². The van der Waals surface area contributed by atoms with Crippen LogP contribution in [0.4, 0.5) is 11.5 Å². The molecule has 1 amide bonds. The molecule has 100 valence electrons. The van der Waals surface area contributed by atoms with E-state index in [-0.39, 0.29) is 5.91 Å². The number of aryl methyl sites for hydroxylation is 1. The smallest absolute Gasteiger partial charge is 0.265 e. The van der Waals surface area contributed by atoms with Crippen molar-refractivity contribution in [2.45, 2.75) is 6.92 Å². The van der Waals surface area contributed by atoms with Crippen LogP contribution < -0.4 is 10.2 Å². The third-order valence-corrected chi connectivity index (χ3v) is 4.67. The molecule has 0 unspecified atom stereocenters. The van der Waals surface area contributed by atoms with Gasteiger partial charge in [-0.25, -0.2) is 4.98 Å². The molecule has 0 saturated heterocycles. The molecular formula is C13H14BrN3OS. The molecule has 4 nitrogen and oxygen atoms in total. The van der Waals surface area contributed by atoms with Gasteiger partial charge >= 0.3 is 0 Å². The van der Waals surface area contributed by atoms with Crippen molar-refractivity contribution in [3.63, 3.8) is 0 Å². The van der Waals surface area contributed by atoms with Gasteiger partial charge in [0.1, 0.15) is 0 Å². The molecule has 0 aromatic carbocycles. The van der Waals surface area contributed by atoms with E-state index in [1.807, 2.05) is 38.1 Å². The number of carbonyl (C=O) groups is 1. The van der Waals surface area contributed by atoms with E-state index in [4.69, 9.17) is 0 Å². The minimum atomic E-state index is -0.116. The Hall–Kier alpha value is -1.40. The summed E-state index contributed by atoms with van der Waals surface area (Å²) in [6, 6.07) is 5.52. The third-order valence-electron chi connectivity index (χ3n) is 2.54. The van der Waals surface area contributed by atoms with Crippen molar-refractivity contribution < 1.29 is 4.79 Å². The summed E-state index contributed by atoms with van der Waals surface area (Å²) in [5.41, 5.74) is 1.77. The summed E-state index contributed by atoms with van der Waals surface area (Å²) in [5, 5.41) is 2.90. The number of thiophene rings is 1. The highest BCUT2D eigenvalue weighted by atomic mass is 79.9. The maximum absolute atomic E-state index is 12.2. The molecule has 0 spiro atoms. The molecule has 6 heteroatoms. The summed E-state index contributed by atoms with van der Waals surface area (Å²) in [5.74, 6) is 0.623. The van der Waals surface area contributed by atoms with Gasteiger partial charge in [-0.05, 0) is 46.6 Å². The van der Waals surface area contributed by atoms with Gasteiger partial charge in [-0.2, -0.15) is 0 Å². The van der Waals surface area contributed by atoms with Gasteiger partial charge in [-0.3, -0.25) is 4.79 Å². The number of hydrogen-bond acceptors (Lipinski definition) is 4. The normalized spacial score (nSPS) is 10.3. The number of carbonyl (C=O) groups excluding carboxylic acids is 1. The molecule has 2 aromatic heterocycles. The van der Waals surface area contributed by atoms with Crippen molar-refractivity contribution in [2.24, 2.45) is 0 Å². The lowest BCUT2D eigenvalue weighted by Gasteiger charge is -2.15. The second kappa shape index (κ2) is 5.71. The Bertz CT molecular complexity index is 590. The Morgan fingerprint density at radius 3 is 2.79 bits per heavy atom. The van der Waals surface area contributed by atoms with Crippen LogP contribution in [-0.4, -0.2) is 25.0 Å². The molecule has 0 atom stereocenters. The predicted octanol–water partition coefficient (Wildman–Crippen LogP) is 3.53. The van der Waals surface area contributed by atoms with E-state index in [2.05, 4.69) is 26.2 Å². The average Bonchev–Trinajstić information content (AvgIpc) is 2.70. The third kappa shape index (κ3) is 3.13. The number of nitrogens with one attached hydrogen (secondary N) is 1. The maximum Gasteiger partial charge on any atom is 0.265 e. The van der Waals surface area contributed by atoms with Crippen LogP contribution in [0.25, 0.3) is 0 Å². The Labute approximate surface area is 124 Å². The largest absolute Gasteiger partial charge is 0.361 e. The van der Waals surface area contributed by atoms with E-state index < -0.39 is 0 Å². The fourth-order valence-corrected chi connectivity index (χ4v) is 3.04. The van der Waals surface area contributed by atoms with Gasteiger partial charge in [-0.1, -0.05) is 0 Å². The molecule has 0 bridgehead atoms. The van der Waals surface area contributed by atoms with Gasteiger partial charge < -0.3 is 10.2 Å². The monoisotopic (exact) mass is 339 g/mol. The minimum absolute atomic E-state index is 0.116. The van der Waals surface area contributed by atoms with Crippen LogP contribution >= 0.6 is 27.3 Å². The van der Waals surface area contributed by atoms with Crippen LogP contribution in [0.1, 0.15) is 15.2 Å². The summed E-state index contributed by atoms with van der Waals surface area (Å²) in [6.45, 7) is 1.96. The molecule has 19 heavy (non-hydrogen) atoms. The topological polar surface area (TPSA) is 45.2 Å². The predicted molar refractivity (Wildman–Crippen MR) is 83.3 cm³/mol. The molecule has 0 radical (unpaired) electrons. The van der Waals surface area contributed by atoms with Gasteiger partial charge in [0.2, 0.25) is 0 Å². The second-order valence-corrected chi connectivity index (χ2v) is 6.66. The number of pyridine rings is 1. The van der Waals surface area contributed by atoms with Gasteiger partial charge in [0.15, 0.2) is 5.82 Å². The van der Waals surface area contributed by atoms with Crippen LogP contribution in [0.5, 0.6) is 0 Å². The van der Waals surface area contributed by atoms with Crippen molar-refractivity contribution in [2.75, 3.05) is 24.3 Å². The lowest BCUT2D eigenvalue weighted by atomic mass is 10.3. The standard InChI is InChI=1S/C13H14BrN3OS/c1-8-7-10(19-11(8)14)13(18)16-9-5-4-6-15-12(9)17(2)3/h4-7H,1-3H3,(H,16,18). The van der Waals surface area contributed by atoms with Crippen molar-refractivity contribution in [1.29, 1.82) is 0 Å². The van der Waals surface area contributed by atoms with E-state index in [0.717, 1.165) is 15.2 Å². The highest BCUT2D eigenvalue weighted by Crippen LogP contribution is 2.28. The number of aromatic nitrogens is 1. The second-order valence-electron chi connectivity index (χ2n) is 4.29. The van der Waals surface area contributed by atoms with Crippen molar-refractivity contribution in [1.82, 2.24) is 4.98 Å². The van der Waals surface area contributed by atoms with E-state index in [9.17, 15) is 4.79 Å². The number of halogens is 1. The first-order valence-corrected chi connectivity index (χ1v) is 7.29. The average molecular weight is 340 g/mol. The molecule has 0 saturated carbocycles. The quantitative estimate of drug-likeness (QED) is 0.930. The van der Waals surface area contributed by atoms with Crippen LogP contribution in [0, 0.1) is 6.92 Å². The van der Waals surface area contributed by atoms with Gasteiger partial charge in [0.05, 0.1) is 14.4 Å². The molecule has 0 aliphatic heterocycles. The Morgan fingerprint density at radius 1 is 1.47 bits per heavy atom. The number of anilines is 2. The first-order valence-electron chi connectivity index (χ1n) is 5.68. The molecule has 2 aromatic rings. The summed E-state index contributed by atoms with van der Waals surface area (Å²) >= 11 is 4.85. The highest BCUT2D eigenvalue weighted by molar-refractivity contribution is 9.11. The summed E-state index contributed by atoms with van der Waals surface area (Å²) in [4.78, 5) is 19.0. The van der Waals surface area contributed by atoms with E-state index in [0.29, 0.717) is 10.6 Å². The van der Waals surface area contributed by atoms with Crippen molar-refractivity contribution >= 4 is 44.7 Å². The zero-order valence-corrected chi connectivity index (χ0v) is 13.3. The molecule has 1 N–H and O–H groups in total. The number of rotatable bonds is 3. The van der Waals surface area contributed by atoms with Gasteiger partial charge in [0.25, 0.3) is 5.91 Å². The summed E-state index contributed by atoms with van der Waals surface area (Å²) in [6.07, 6.45) is 1.71. The Kier molecular flexibility index (Phi) is 4.21. The van der Waals surface area contributed by atoms with Crippen LogP contribution in [0.2, 0.25) is 0 Å². The lowest BCUT2D eigenvalue weighted by molar-refractivity contribution is 0.103. The molecule has 0 aliphatic carbocycles. The van der Waals surface area contributed by atoms with Crippen molar-refractivity contribution in [3.05, 3.63) is 38.6 Å². The Balaban J connectivity index is 2.24. The Morgan fingerprint density at radius 2 is 2.21 bits per heavy atom. The van der Waals surface area contributed by atoms with E-state index in [1.165, 1.54) is 11.3 Å². The maximum atomic E-state index is 12.2. The molecular weight excluding hydrogens is 326 g/mol. The zero-order chi connectivity index (χ0) is 14.0. The molecule has 2 heterocycles.